The lowest BCUT2D eigenvalue weighted by atomic mass is 9.72. The maximum Gasteiger partial charge on any atom is 0.137 e. The lowest BCUT2D eigenvalue weighted by Crippen LogP contribution is -2.56. The van der Waals surface area contributed by atoms with Gasteiger partial charge in [0.1, 0.15) is 17.3 Å². The molecule has 6 nitrogen and oxygen atoms in total. The number of hydrogen-bond acceptors (Lipinski definition) is 5. The van der Waals surface area contributed by atoms with Crippen LogP contribution in [0.5, 0.6) is 11.5 Å². The van der Waals surface area contributed by atoms with E-state index in [2.05, 4.69) is 89.7 Å². The van der Waals surface area contributed by atoms with Crippen molar-refractivity contribution < 1.29 is 9.47 Å². The summed E-state index contributed by atoms with van der Waals surface area (Å²) in [4.78, 5) is 11.5. The standard InChI is InChI=1S/C31H36N4O2.3ClH/c1-22-29(34-30(33-22)23-10-6-5-7-11-23)31(2,35-18-16-32-17-19-35)28(24-12-8-14-26(20-24)36-3)25-13-9-15-27(21-25)37-4;;;/h5-15,20-21,28,32H,16-19H2,1-4H3,(H,33,34);3*1H. The van der Waals surface area contributed by atoms with Crippen molar-refractivity contribution in [3.63, 3.8) is 0 Å². The molecule has 0 spiro atoms. The van der Waals surface area contributed by atoms with Crippen LogP contribution in [-0.4, -0.2) is 55.3 Å². The minimum absolute atomic E-state index is 0. The van der Waals surface area contributed by atoms with Crippen LogP contribution in [0.2, 0.25) is 0 Å². The smallest absolute Gasteiger partial charge is 0.137 e. The van der Waals surface area contributed by atoms with Crippen molar-refractivity contribution >= 4 is 37.2 Å². The second-order valence-corrected chi connectivity index (χ2v) is 9.80. The molecule has 1 aromatic heterocycles. The SMILES string of the molecule is COc1cccc(C(c2cccc(OC)c2)C(C)(c2nc(-c3ccccc3)[nH]c2C)N2CCNCC2)c1.Cl.Cl.Cl. The number of rotatable bonds is 8. The Hall–Kier alpha value is -2.74. The zero-order chi connectivity index (χ0) is 25.8. The van der Waals surface area contributed by atoms with Crippen LogP contribution >= 0.6 is 37.2 Å². The molecule has 1 unspecified atom stereocenters. The molecule has 1 aliphatic rings. The summed E-state index contributed by atoms with van der Waals surface area (Å²) in [6.45, 7) is 8.21. The molecule has 0 aliphatic carbocycles. The minimum Gasteiger partial charge on any atom is -0.497 e. The van der Waals surface area contributed by atoms with Crippen molar-refractivity contribution in [2.45, 2.75) is 25.3 Å². The number of methoxy groups -OCH3 is 2. The van der Waals surface area contributed by atoms with Crippen LogP contribution in [0.3, 0.4) is 0 Å². The third-order valence-electron chi connectivity index (χ3n) is 7.60. The van der Waals surface area contributed by atoms with Gasteiger partial charge in [0.15, 0.2) is 0 Å². The predicted octanol–water partition coefficient (Wildman–Crippen LogP) is 6.62. The zero-order valence-corrected chi connectivity index (χ0v) is 25.8. The average Bonchev–Trinajstić information content (AvgIpc) is 3.36. The molecule has 2 heterocycles. The van der Waals surface area contributed by atoms with Crippen molar-refractivity contribution in [1.82, 2.24) is 20.2 Å². The summed E-state index contributed by atoms with van der Waals surface area (Å²) in [7, 11) is 3.44. The van der Waals surface area contributed by atoms with E-state index in [1.54, 1.807) is 14.2 Å². The highest BCUT2D eigenvalue weighted by Crippen LogP contribution is 2.48. The fourth-order valence-corrected chi connectivity index (χ4v) is 5.77. The maximum absolute atomic E-state index is 5.67. The molecule has 1 aliphatic heterocycles. The number of hydrogen-bond donors (Lipinski definition) is 2. The lowest BCUT2D eigenvalue weighted by Gasteiger charge is -2.48. The van der Waals surface area contributed by atoms with Crippen molar-refractivity contribution in [3.8, 4) is 22.9 Å². The summed E-state index contributed by atoms with van der Waals surface area (Å²) < 4.78 is 11.3. The number of aromatic nitrogens is 2. The molecule has 216 valence electrons. The molecule has 40 heavy (non-hydrogen) atoms. The Morgan fingerprint density at radius 1 is 0.800 bits per heavy atom. The van der Waals surface area contributed by atoms with Crippen LogP contribution in [0.1, 0.15) is 35.4 Å². The number of nitrogens with zero attached hydrogens (tertiary/aromatic N) is 2. The number of aryl methyl sites for hydroxylation is 1. The quantitative estimate of drug-likeness (QED) is 0.236. The van der Waals surface area contributed by atoms with Crippen LogP contribution in [0.25, 0.3) is 11.4 Å². The van der Waals surface area contributed by atoms with Crippen LogP contribution in [0, 0.1) is 6.92 Å². The average molecular weight is 606 g/mol. The number of piperazine rings is 1. The molecule has 1 atom stereocenters. The third kappa shape index (κ3) is 6.59. The van der Waals surface area contributed by atoms with Crippen LogP contribution in [-0.2, 0) is 5.54 Å². The summed E-state index contributed by atoms with van der Waals surface area (Å²) in [6, 6.07) is 27.2. The lowest BCUT2D eigenvalue weighted by molar-refractivity contribution is 0.0672. The molecule has 0 saturated carbocycles. The van der Waals surface area contributed by atoms with Crippen LogP contribution < -0.4 is 14.8 Å². The fraction of sp³-hybridized carbons (Fsp3) is 0.323. The van der Waals surface area contributed by atoms with E-state index in [4.69, 9.17) is 14.5 Å². The van der Waals surface area contributed by atoms with Gasteiger partial charge < -0.3 is 19.8 Å². The highest BCUT2D eigenvalue weighted by molar-refractivity contribution is 5.86. The van der Waals surface area contributed by atoms with Gasteiger partial charge in [0.25, 0.3) is 0 Å². The minimum atomic E-state index is -0.450. The van der Waals surface area contributed by atoms with Gasteiger partial charge in [0, 0.05) is 43.4 Å². The Morgan fingerprint density at radius 2 is 1.35 bits per heavy atom. The predicted molar refractivity (Wildman–Crippen MR) is 170 cm³/mol. The number of nitrogens with one attached hydrogen (secondary N) is 2. The van der Waals surface area contributed by atoms with Crippen molar-refractivity contribution in [2.24, 2.45) is 0 Å². The maximum atomic E-state index is 5.67. The number of halogens is 3. The van der Waals surface area contributed by atoms with Gasteiger partial charge in [0.05, 0.1) is 25.5 Å². The van der Waals surface area contributed by atoms with Crippen LogP contribution in [0.15, 0.2) is 78.9 Å². The Kier molecular flexibility index (Phi) is 12.4. The first-order valence-electron chi connectivity index (χ1n) is 12.9. The van der Waals surface area contributed by atoms with Gasteiger partial charge >= 0.3 is 0 Å². The Bertz CT molecular complexity index is 1300. The first-order valence-corrected chi connectivity index (χ1v) is 12.9. The molecule has 9 heteroatoms. The highest BCUT2D eigenvalue weighted by atomic mass is 35.5. The number of aromatic amines is 1. The largest absolute Gasteiger partial charge is 0.497 e. The molecule has 2 N–H and O–H groups in total. The second kappa shape index (κ2) is 14.8. The Balaban J connectivity index is 0.00000187. The van der Waals surface area contributed by atoms with Gasteiger partial charge in [-0.15, -0.1) is 37.2 Å². The van der Waals surface area contributed by atoms with E-state index in [0.29, 0.717) is 0 Å². The second-order valence-electron chi connectivity index (χ2n) is 9.80. The van der Waals surface area contributed by atoms with E-state index >= 15 is 0 Å². The number of ether oxygens (including phenoxy) is 2. The Labute approximate surface area is 256 Å². The summed E-state index contributed by atoms with van der Waals surface area (Å²) in [5.74, 6) is 2.56. The van der Waals surface area contributed by atoms with E-state index in [-0.39, 0.29) is 43.1 Å². The van der Waals surface area contributed by atoms with Gasteiger partial charge in [-0.1, -0.05) is 54.6 Å². The molecule has 1 saturated heterocycles. The summed E-state index contributed by atoms with van der Waals surface area (Å²) >= 11 is 0. The first kappa shape index (κ1) is 33.5. The summed E-state index contributed by atoms with van der Waals surface area (Å²) in [5.41, 5.74) is 5.13. The van der Waals surface area contributed by atoms with Crippen molar-refractivity contribution in [1.29, 1.82) is 0 Å². The zero-order valence-electron chi connectivity index (χ0n) is 23.3. The van der Waals surface area contributed by atoms with Crippen LogP contribution in [0.4, 0.5) is 0 Å². The molecular formula is C31H39Cl3N4O2. The van der Waals surface area contributed by atoms with E-state index in [9.17, 15) is 0 Å². The molecule has 3 aromatic carbocycles. The molecule has 1 fully saturated rings. The van der Waals surface area contributed by atoms with Gasteiger partial charge in [-0.25, -0.2) is 4.98 Å². The number of benzene rings is 3. The Morgan fingerprint density at radius 3 is 1.88 bits per heavy atom. The third-order valence-corrected chi connectivity index (χ3v) is 7.60. The van der Waals surface area contributed by atoms with Gasteiger partial charge in [-0.3, -0.25) is 4.90 Å². The van der Waals surface area contributed by atoms with Crippen molar-refractivity contribution in [3.05, 3.63) is 101 Å². The van der Waals surface area contributed by atoms with E-state index in [1.807, 2.05) is 18.2 Å². The number of imidazole rings is 1. The van der Waals surface area contributed by atoms with Crippen molar-refractivity contribution in [2.75, 3.05) is 40.4 Å². The first-order chi connectivity index (χ1) is 18.0. The molecule has 0 radical (unpaired) electrons. The highest BCUT2D eigenvalue weighted by Gasteiger charge is 2.46. The van der Waals surface area contributed by atoms with E-state index in [1.165, 1.54) is 11.1 Å². The fourth-order valence-electron chi connectivity index (χ4n) is 5.77. The topological polar surface area (TPSA) is 62.4 Å². The molecule has 4 aromatic rings. The van der Waals surface area contributed by atoms with E-state index < -0.39 is 5.54 Å². The van der Waals surface area contributed by atoms with Gasteiger partial charge in [-0.05, 0) is 49.2 Å². The molecular weight excluding hydrogens is 567 g/mol. The molecule has 0 bridgehead atoms. The van der Waals surface area contributed by atoms with Gasteiger partial charge in [-0.2, -0.15) is 0 Å². The summed E-state index contributed by atoms with van der Waals surface area (Å²) in [5, 5.41) is 3.53. The number of H-pyrrole nitrogens is 1. The van der Waals surface area contributed by atoms with Gasteiger partial charge in [0.2, 0.25) is 0 Å². The monoisotopic (exact) mass is 604 g/mol. The summed E-state index contributed by atoms with van der Waals surface area (Å²) in [6.07, 6.45) is 0. The van der Waals surface area contributed by atoms with E-state index in [0.717, 1.165) is 60.5 Å². The molecule has 0 amide bonds. The normalized spacial score (nSPS) is 14.7. The molecule has 5 rings (SSSR count).